The van der Waals surface area contributed by atoms with Gasteiger partial charge in [-0.15, -0.1) is 0 Å². The Morgan fingerprint density at radius 3 is 2.21 bits per heavy atom. The van der Waals surface area contributed by atoms with E-state index in [4.69, 9.17) is 0 Å². The van der Waals surface area contributed by atoms with Crippen molar-refractivity contribution in [2.75, 3.05) is 0 Å². The van der Waals surface area contributed by atoms with Gasteiger partial charge >= 0.3 is 6.18 Å². The first-order valence-electron chi connectivity index (χ1n) is 5.33. The maximum absolute atomic E-state index is 12.6. The van der Waals surface area contributed by atoms with E-state index in [-0.39, 0.29) is 18.9 Å². The maximum Gasteiger partial charge on any atom is 0.406 e. The summed E-state index contributed by atoms with van der Waals surface area (Å²) in [6.45, 7) is 1.96. The molecular formula is C10H16F3N. The highest BCUT2D eigenvalue weighted by atomic mass is 19.4. The Labute approximate surface area is 82.1 Å². The Balaban J connectivity index is 1.95. The van der Waals surface area contributed by atoms with Crippen LogP contribution in [0.5, 0.6) is 0 Å². The van der Waals surface area contributed by atoms with Gasteiger partial charge in [-0.2, -0.15) is 13.2 Å². The van der Waals surface area contributed by atoms with Crippen molar-refractivity contribution in [3.05, 3.63) is 0 Å². The van der Waals surface area contributed by atoms with Crippen molar-refractivity contribution in [1.82, 2.24) is 5.32 Å². The highest BCUT2D eigenvalue weighted by Crippen LogP contribution is 2.50. The van der Waals surface area contributed by atoms with Crippen molar-refractivity contribution in [2.45, 2.75) is 56.8 Å². The molecule has 0 radical (unpaired) electrons. The van der Waals surface area contributed by atoms with Crippen molar-refractivity contribution in [1.29, 1.82) is 0 Å². The summed E-state index contributed by atoms with van der Waals surface area (Å²) in [4.78, 5) is 0. The molecule has 2 aliphatic rings. The standard InChI is InChI=1S/C10H16F3N/c1-2-8(7-3-4-7)14-9(5-6-9)10(11,12)13/h7-8,14H,2-6H2,1H3. The van der Waals surface area contributed by atoms with E-state index in [2.05, 4.69) is 5.32 Å². The normalized spacial score (nSPS) is 27.4. The molecular weight excluding hydrogens is 191 g/mol. The molecule has 0 bridgehead atoms. The van der Waals surface area contributed by atoms with E-state index >= 15 is 0 Å². The Morgan fingerprint density at radius 2 is 1.93 bits per heavy atom. The van der Waals surface area contributed by atoms with E-state index < -0.39 is 11.7 Å². The zero-order valence-corrected chi connectivity index (χ0v) is 8.32. The van der Waals surface area contributed by atoms with E-state index in [9.17, 15) is 13.2 Å². The highest BCUT2D eigenvalue weighted by molar-refractivity contribution is 5.10. The van der Waals surface area contributed by atoms with Gasteiger partial charge in [0.1, 0.15) is 5.54 Å². The average Bonchev–Trinajstić information content (AvgIpc) is 2.92. The van der Waals surface area contributed by atoms with Crippen LogP contribution in [-0.2, 0) is 0 Å². The number of alkyl halides is 3. The molecule has 0 aliphatic heterocycles. The molecule has 0 spiro atoms. The number of hydrogen-bond donors (Lipinski definition) is 1. The van der Waals surface area contributed by atoms with Crippen LogP contribution in [0.1, 0.15) is 39.0 Å². The van der Waals surface area contributed by atoms with Crippen LogP contribution in [0.3, 0.4) is 0 Å². The number of rotatable bonds is 4. The zero-order chi connectivity index (χ0) is 10.4. The summed E-state index contributed by atoms with van der Waals surface area (Å²) in [6, 6.07) is 0.0825. The lowest BCUT2D eigenvalue weighted by Crippen LogP contribution is -2.50. The Hall–Kier alpha value is -0.250. The van der Waals surface area contributed by atoms with E-state index in [1.54, 1.807) is 0 Å². The molecule has 82 valence electrons. The Morgan fingerprint density at radius 1 is 1.36 bits per heavy atom. The second-order valence-electron chi connectivity index (χ2n) is 4.58. The SMILES string of the molecule is CCC(NC1(C(F)(F)F)CC1)C1CC1. The predicted octanol–water partition coefficient (Wildman–Crippen LogP) is 2.86. The van der Waals surface area contributed by atoms with Gasteiger partial charge in [0, 0.05) is 6.04 Å². The van der Waals surface area contributed by atoms with Crippen LogP contribution in [0.25, 0.3) is 0 Å². The number of hydrogen-bond acceptors (Lipinski definition) is 1. The fourth-order valence-electron chi connectivity index (χ4n) is 2.04. The van der Waals surface area contributed by atoms with Crippen LogP contribution in [0.15, 0.2) is 0 Å². The van der Waals surface area contributed by atoms with Crippen LogP contribution in [0.2, 0.25) is 0 Å². The van der Waals surface area contributed by atoms with Gasteiger partial charge in [0.05, 0.1) is 0 Å². The highest BCUT2D eigenvalue weighted by Gasteiger charge is 2.64. The molecule has 2 aliphatic carbocycles. The van der Waals surface area contributed by atoms with Crippen LogP contribution < -0.4 is 5.32 Å². The minimum absolute atomic E-state index is 0.0825. The first-order chi connectivity index (χ1) is 6.48. The first-order valence-corrected chi connectivity index (χ1v) is 5.33. The lowest BCUT2D eigenvalue weighted by Gasteiger charge is -2.26. The third kappa shape index (κ3) is 1.76. The molecule has 0 heterocycles. The fourth-order valence-corrected chi connectivity index (χ4v) is 2.04. The lowest BCUT2D eigenvalue weighted by molar-refractivity contribution is -0.168. The van der Waals surface area contributed by atoms with E-state index in [1.807, 2.05) is 6.92 Å². The van der Waals surface area contributed by atoms with Gasteiger partial charge in [0.2, 0.25) is 0 Å². The second-order valence-corrected chi connectivity index (χ2v) is 4.58. The molecule has 2 rings (SSSR count). The van der Waals surface area contributed by atoms with Gasteiger partial charge < -0.3 is 5.32 Å². The molecule has 1 nitrogen and oxygen atoms in total. The van der Waals surface area contributed by atoms with E-state index in [1.165, 1.54) is 0 Å². The van der Waals surface area contributed by atoms with Crippen molar-refractivity contribution in [3.8, 4) is 0 Å². The molecule has 0 aromatic heterocycles. The quantitative estimate of drug-likeness (QED) is 0.747. The molecule has 0 aromatic rings. The average molecular weight is 207 g/mol. The molecule has 0 saturated heterocycles. The molecule has 2 fully saturated rings. The summed E-state index contributed by atoms with van der Waals surface area (Å²) in [7, 11) is 0. The van der Waals surface area contributed by atoms with Crippen molar-refractivity contribution >= 4 is 0 Å². The summed E-state index contributed by atoms with van der Waals surface area (Å²) in [6.07, 6.45) is -0.532. The monoisotopic (exact) mass is 207 g/mol. The second kappa shape index (κ2) is 3.12. The summed E-state index contributed by atoms with van der Waals surface area (Å²) in [5.74, 6) is 0.500. The largest absolute Gasteiger partial charge is 0.406 e. The van der Waals surface area contributed by atoms with Crippen LogP contribution in [0.4, 0.5) is 13.2 Å². The van der Waals surface area contributed by atoms with Gasteiger partial charge in [-0.3, -0.25) is 0 Å². The molecule has 14 heavy (non-hydrogen) atoms. The zero-order valence-electron chi connectivity index (χ0n) is 8.32. The molecule has 0 amide bonds. The van der Waals surface area contributed by atoms with Gasteiger partial charge in [0.25, 0.3) is 0 Å². The van der Waals surface area contributed by atoms with Gasteiger partial charge in [0.15, 0.2) is 0 Å². The third-order valence-corrected chi connectivity index (χ3v) is 3.39. The minimum Gasteiger partial charge on any atom is -0.301 e. The molecule has 1 unspecified atom stereocenters. The summed E-state index contributed by atoms with van der Waals surface area (Å²) < 4.78 is 37.8. The van der Waals surface area contributed by atoms with Crippen molar-refractivity contribution in [2.24, 2.45) is 5.92 Å². The first kappa shape index (κ1) is 10.3. The summed E-state index contributed by atoms with van der Waals surface area (Å²) in [5, 5.41) is 2.83. The van der Waals surface area contributed by atoms with Crippen LogP contribution in [0, 0.1) is 5.92 Å². The van der Waals surface area contributed by atoms with Crippen molar-refractivity contribution in [3.63, 3.8) is 0 Å². The summed E-state index contributed by atoms with van der Waals surface area (Å²) >= 11 is 0. The van der Waals surface area contributed by atoms with Gasteiger partial charge in [-0.25, -0.2) is 0 Å². The Kier molecular flexibility index (Phi) is 2.29. The molecule has 2 saturated carbocycles. The molecule has 1 atom stereocenters. The van der Waals surface area contributed by atoms with E-state index in [0.29, 0.717) is 5.92 Å². The van der Waals surface area contributed by atoms with Crippen LogP contribution >= 0.6 is 0 Å². The lowest BCUT2D eigenvalue weighted by atomic mass is 10.1. The fraction of sp³-hybridized carbons (Fsp3) is 1.00. The van der Waals surface area contributed by atoms with Crippen LogP contribution in [-0.4, -0.2) is 17.8 Å². The topological polar surface area (TPSA) is 12.0 Å². The minimum atomic E-state index is -4.06. The summed E-state index contributed by atoms with van der Waals surface area (Å²) in [5.41, 5.74) is -1.52. The van der Waals surface area contributed by atoms with Gasteiger partial charge in [-0.05, 0) is 38.0 Å². The number of halogens is 3. The van der Waals surface area contributed by atoms with Gasteiger partial charge in [-0.1, -0.05) is 6.92 Å². The molecule has 4 heteroatoms. The maximum atomic E-state index is 12.6. The number of nitrogens with one attached hydrogen (secondary N) is 1. The molecule has 1 N–H and O–H groups in total. The Bertz CT molecular complexity index is 216. The van der Waals surface area contributed by atoms with Crippen molar-refractivity contribution < 1.29 is 13.2 Å². The third-order valence-electron chi connectivity index (χ3n) is 3.39. The van der Waals surface area contributed by atoms with E-state index in [0.717, 1.165) is 19.3 Å². The smallest absolute Gasteiger partial charge is 0.301 e. The molecule has 0 aromatic carbocycles. The predicted molar refractivity (Wildman–Crippen MR) is 48.0 cm³/mol.